The fourth-order valence-corrected chi connectivity index (χ4v) is 9.24. The number of hydrogen-bond acceptors (Lipinski definition) is 3. The summed E-state index contributed by atoms with van der Waals surface area (Å²) >= 11 is 2.15. The molecule has 0 unspecified atom stereocenters. The molecule has 0 saturated carbocycles. The van der Waals surface area contributed by atoms with Crippen LogP contribution >= 0.6 is 22.6 Å². The van der Waals surface area contributed by atoms with Crippen molar-refractivity contribution in [2.24, 2.45) is 0 Å². The van der Waals surface area contributed by atoms with Crippen molar-refractivity contribution < 1.29 is 14.0 Å². The first-order valence-corrected chi connectivity index (χ1v) is 10.9. The van der Waals surface area contributed by atoms with Gasteiger partial charge in [0.25, 0.3) is 8.32 Å². The maximum atomic E-state index is 11.3. The Hall–Kier alpha value is -0.563. The molecule has 0 radical (unpaired) electrons. The van der Waals surface area contributed by atoms with Gasteiger partial charge in [0, 0.05) is 9.13 Å². The summed E-state index contributed by atoms with van der Waals surface area (Å²) in [6.45, 7) is 13.5. The van der Waals surface area contributed by atoms with Gasteiger partial charge in [-0.25, -0.2) is 0 Å². The molecule has 0 N–H and O–H groups in total. The van der Waals surface area contributed by atoms with Crippen LogP contribution in [-0.4, -0.2) is 21.7 Å². The summed E-state index contributed by atoms with van der Waals surface area (Å²) in [5, 5.41) is 0. The molecule has 0 fully saturated rings. The van der Waals surface area contributed by atoms with Crippen LogP contribution < -0.4 is 9.16 Å². The molecule has 0 atom stereocenters. The molecule has 0 amide bonds. The molecule has 0 bridgehead atoms. The van der Waals surface area contributed by atoms with Gasteiger partial charge in [-0.3, -0.25) is 4.79 Å². The van der Waals surface area contributed by atoms with Gasteiger partial charge in [-0.15, -0.1) is 0 Å². The predicted octanol–water partition coefficient (Wildman–Crippen LogP) is 5.67. The van der Waals surface area contributed by atoms with E-state index in [9.17, 15) is 4.79 Å². The van der Waals surface area contributed by atoms with Crippen LogP contribution in [0.5, 0.6) is 11.5 Å². The molecule has 0 spiro atoms. The Morgan fingerprint density at radius 1 is 1.00 bits per heavy atom. The number of halogens is 1. The van der Waals surface area contributed by atoms with E-state index in [1.807, 2.05) is 12.1 Å². The van der Waals surface area contributed by atoms with Crippen molar-refractivity contribution >= 4 is 37.2 Å². The molecule has 0 aliphatic carbocycles. The molecular formula is C17H27IO3Si. The lowest BCUT2D eigenvalue weighted by atomic mass is 10.2. The number of carbonyl (C=O) groups excluding carboxylic acids is 1. The molecule has 1 aromatic carbocycles. The monoisotopic (exact) mass is 434 g/mol. The third kappa shape index (κ3) is 3.67. The van der Waals surface area contributed by atoms with Crippen molar-refractivity contribution in [3.8, 4) is 11.5 Å². The lowest BCUT2D eigenvalue weighted by molar-refractivity contribution is 0.112. The van der Waals surface area contributed by atoms with Gasteiger partial charge in [-0.2, -0.15) is 0 Å². The maximum absolute atomic E-state index is 11.3. The summed E-state index contributed by atoms with van der Waals surface area (Å²) in [7, 11) is -0.426. The first-order chi connectivity index (χ1) is 10.2. The van der Waals surface area contributed by atoms with Crippen molar-refractivity contribution in [2.75, 3.05) is 7.11 Å². The highest BCUT2D eigenvalue weighted by molar-refractivity contribution is 14.1. The van der Waals surface area contributed by atoms with Crippen LogP contribution in [0.25, 0.3) is 0 Å². The highest BCUT2D eigenvalue weighted by Crippen LogP contribution is 2.45. The highest BCUT2D eigenvalue weighted by atomic mass is 127. The molecule has 5 heteroatoms. The van der Waals surface area contributed by atoms with Gasteiger partial charge in [0.2, 0.25) is 0 Å². The van der Waals surface area contributed by atoms with Gasteiger partial charge in [-0.1, -0.05) is 41.5 Å². The molecule has 22 heavy (non-hydrogen) atoms. The Bertz CT molecular complexity index is 505. The van der Waals surface area contributed by atoms with E-state index in [0.29, 0.717) is 33.7 Å². The lowest BCUT2D eigenvalue weighted by Crippen LogP contribution is -2.50. The molecule has 0 aliphatic rings. The minimum Gasteiger partial charge on any atom is -0.540 e. The third-order valence-corrected chi connectivity index (χ3v) is 11.3. The van der Waals surface area contributed by atoms with Crippen LogP contribution in [0.15, 0.2) is 12.1 Å². The molecule has 0 saturated heterocycles. The van der Waals surface area contributed by atoms with E-state index < -0.39 is 8.32 Å². The predicted molar refractivity (Wildman–Crippen MR) is 103 cm³/mol. The highest BCUT2D eigenvalue weighted by Gasteiger charge is 2.47. The van der Waals surface area contributed by atoms with Gasteiger partial charge >= 0.3 is 0 Å². The minimum atomic E-state index is -2.07. The molecule has 1 rings (SSSR count). The zero-order chi connectivity index (χ0) is 17.1. The molecule has 1 aromatic rings. The minimum absolute atomic E-state index is 0.469. The SMILES string of the molecule is COc1cc(I)c(C=O)cc1O[Si](C(C)C)(C(C)C)C(C)C. The number of benzene rings is 1. The Balaban J connectivity index is 3.43. The van der Waals surface area contributed by atoms with Gasteiger partial charge in [0.05, 0.1) is 7.11 Å². The van der Waals surface area contributed by atoms with Crippen LogP contribution in [0.4, 0.5) is 0 Å². The van der Waals surface area contributed by atoms with Crippen molar-refractivity contribution in [2.45, 2.75) is 58.2 Å². The summed E-state index contributed by atoms with van der Waals surface area (Å²) in [5.74, 6) is 1.40. The van der Waals surface area contributed by atoms with Crippen molar-refractivity contribution in [3.05, 3.63) is 21.3 Å². The first kappa shape index (κ1) is 19.5. The summed E-state index contributed by atoms with van der Waals surface area (Å²) in [6, 6.07) is 3.70. The standard InChI is InChI=1S/C17H27IO3Si/c1-11(2)22(12(3)4,13(5)6)21-17-8-14(10-19)15(18)9-16(17)20-7/h8-13H,1-7H3. The number of methoxy groups -OCH3 is 1. The molecular weight excluding hydrogens is 407 g/mol. The molecule has 0 aliphatic heterocycles. The summed E-state index contributed by atoms with van der Waals surface area (Å²) in [4.78, 5) is 11.3. The number of ether oxygens (including phenoxy) is 1. The zero-order valence-electron chi connectivity index (χ0n) is 14.6. The van der Waals surface area contributed by atoms with Gasteiger partial charge in [0.15, 0.2) is 12.0 Å². The Morgan fingerprint density at radius 3 is 1.86 bits per heavy atom. The fraction of sp³-hybridized carbons (Fsp3) is 0.588. The van der Waals surface area contributed by atoms with E-state index in [0.717, 1.165) is 9.86 Å². The van der Waals surface area contributed by atoms with E-state index in [4.69, 9.17) is 9.16 Å². The fourth-order valence-electron chi connectivity index (χ4n) is 3.42. The van der Waals surface area contributed by atoms with Crippen molar-refractivity contribution in [3.63, 3.8) is 0 Å². The van der Waals surface area contributed by atoms with Crippen LogP contribution in [0.3, 0.4) is 0 Å². The quantitative estimate of drug-likeness (QED) is 0.315. The lowest BCUT2D eigenvalue weighted by Gasteiger charge is -2.42. The second-order valence-corrected chi connectivity index (χ2v) is 13.1. The first-order valence-electron chi connectivity index (χ1n) is 7.72. The van der Waals surface area contributed by atoms with Crippen molar-refractivity contribution in [1.29, 1.82) is 0 Å². The van der Waals surface area contributed by atoms with Gasteiger partial charge in [0.1, 0.15) is 5.75 Å². The average Bonchev–Trinajstić information content (AvgIpc) is 2.44. The largest absolute Gasteiger partial charge is 0.540 e. The van der Waals surface area contributed by atoms with E-state index in [1.165, 1.54) is 0 Å². The third-order valence-electron chi connectivity index (χ3n) is 4.40. The van der Waals surface area contributed by atoms with E-state index in [1.54, 1.807) is 7.11 Å². The smallest absolute Gasteiger partial charge is 0.258 e. The Labute approximate surface area is 149 Å². The summed E-state index contributed by atoms with van der Waals surface area (Å²) in [5.41, 5.74) is 2.05. The normalized spacial score (nSPS) is 12.1. The Kier molecular flexibility index (Phi) is 6.92. The molecule has 0 heterocycles. The topological polar surface area (TPSA) is 35.5 Å². The van der Waals surface area contributed by atoms with Gasteiger partial charge < -0.3 is 9.16 Å². The average molecular weight is 434 g/mol. The molecule has 0 aromatic heterocycles. The van der Waals surface area contributed by atoms with Crippen molar-refractivity contribution in [1.82, 2.24) is 0 Å². The van der Waals surface area contributed by atoms with Crippen LogP contribution in [-0.2, 0) is 0 Å². The Morgan fingerprint density at radius 2 is 1.50 bits per heavy atom. The van der Waals surface area contributed by atoms with Gasteiger partial charge in [-0.05, 0) is 51.3 Å². The van der Waals surface area contributed by atoms with E-state index >= 15 is 0 Å². The van der Waals surface area contributed by atoms with E-state index in [2.05, 4.69) is 64.1 Å². The number of hydrogen-bond donors (Lipinski definition) is 0. The van der Waals surface area contributed by atoms with Crippen LogP contribution in [0.1, 0.15) is 51.9 Å². The second kappa shape index (κ2) is 7.81. The molecule has 124 valence electrons. The van der Waals surface area contributed by atoms with Crippen LogP contribution in [0.2, 0.25) is 16.6 Å². The second-order valence-electron chi connectivity index (χ2n) is 6.56. The number of carbonyl (C=O) groups is 1. The maximum Gasteiger partial charge on any atom is 0.258 e. The summed E-state index contributed by atoms with van der Waals surface area (Å²) in [6.07, 6.45) is 0.872. The summed E-state index contributed by atoms with van der Waals surface area (Å²) < 4.78 is 13.0. The molecule has 3 nitrogen and oxygen atoms in total. The number of aldehydes is 1. The number of rotatable bonds is 7. The zero-order valence-corrected chi connectivity index (χ0v) is 17.7. The van der Waals surface area contributed by atoms with Crippen LogP contribution in [0, 0.1) is 3.57 Å². The van der Waals surface area contributed by atoms with E-state index in [-0.39, 0.29) is 0 Å².